The summed E-state index contributed by atoms with van der Waals surface area (Å²) in [5.74, 6) is 0.569. The molecule has 0 fully saturated rings. The van der Waals surface area contributed by atoms with Crippen LogP contribution in [0.5, 0.6) is 5.75 Å². The molecule has 0 aliphatic rings. The first-order valence-corrected chi connectivity index (χ1v) is 6.24. The molecule has 0 saturated carbocycles. The third kappa shape index (κ3) is 3.32. The van der Waals surface area contributed by atoms with Crippen molar-refractivity contribution in [1.82, 2.24) is 0 Å². The van der Waals surface area contributed by atoms with Gasteiger partial charge in [-0.15, -0.1) is 0 Å². The smallest absolute Gasteiger partial charge is 0.128 e. The van der Waals surface area contributed by atoms with E-state index in [0.29, 0.717) is 12.0 Å². The summed E-state index contributed by atoms with van der Waals surface area (Å²) < 4.78 is 18.9. The number of hydrogen-bond acceptors (Lipinski definition) is 2. The molecular formula is C16H18FNO. The Hall–Kier alpha value is -1.87. The predicted octanol–water partition coefficient (Wildman–Crippen LogP) is 3.39. The summed E-state index contributed by atoms with van der Waals surface area (Å²) in [6, 6.07) is 12.5. The van der Waals surface area contributed by atoms with Gasteiger partial charge in [0.25, 0.3) is 0 Å². The lowest BCUT2D eigenvalue weighted by atomic mass is 9.98. The fourth-order valence-electron chi connectivity index (χ4n) is 2.06. The molecule has 1 atom stereocenters. The summed E-state index contributed by atoms with van der Waals surface area (Å²) in [6.45, 7) is 1.86. The number of benzene rings is 2. The minimum atomic E-state index is -0.339. The van der Waals surface area contributed by atoms with Crippen molar-refractivity contribution in [2.24, 2.45) is 5.73 Å². The van der Waals surface area contributed by atoms with Crippen molar-refractivity contribution in [1.29, 1.82) is 0 Å². The number of nitrogens with two attached hydrogens (primary N) is 1. The summed E-state index contributed by atoms with van der Waals surface area (Å²) >= 11 is 0. The van der Waals surface area contributed by atoms with E-state index >= 15 is 0 Å². The number of hydrogen-bond donors (Lipinski definition) is 1. The summed E-state index contributed by atoms with van der Waals surface area (Å²) in [7, 11) is 1.63. The maximum Gasteiger partial charge on any atom is 0.128 e. The van der Waals surface area contributed by atoms with E-state index in [1.807, 2.05) is 37.3 Å². The van der Waals surface area contributed by atoms with Gasteiger partial charge >= 0.3 is 0 Å². The Bertz CT molecular complexity index is 551. The lowest BCUT2D eigenvalue weighted by Crippen LogP contribution is -2.15. The van der Waals surface area contributed by atoms with E-state index in [9.17, 15) is 4.39 Å². The van der Waals surface area contributed by atoms with Crippen LogP contribution in [0.25, 0.3) is 0 Å². The SMILES string of the molecule is COc1ccc(CC(N)c2ccc(C)cc2F)cc1. The van der Waals surface area contributed by atoms with Gasteiger partial charge in [-0.25, -0.2) is 4.39 Å². The first-order valence-electron chi connectivity index (χ1n) is 6.24. The van der Waals surface area contributed by atoms with Crippen molar-refractivity contribution in [2.75, 3.05) is 7.11 Å². The fraction of sp³-hybridized carbons (Fsp3) is 0.250. The van der Waals surface area contributed by atoms with Gasteiger partial charge in [-0.1, -0.05) is 24.3 Å². The second kappa shape index (κ2) is 5.85. The Morgan fingerprint density at radius 2 is 1.84 bits per heavy atom. The summed E-state index contributed by atoms with van der Waals surface area (Å²) in [5, 5.41) is 0. The zero-order valence-electron chi connectivity index (χ0n) is 11.2. The average Bonchev–Trinajstić information content (AvgIpc) is 2.39. The van der Waals surface area contributed by atoms with E-state index in [1.54, 1.807) is 13.2 Å². The van der Waals surface area contributed by atoms with Crippen molar-refractivity contribution in [3.05, 3.63) is 65.0 Å². The maximum atomic E-state index is 13.8. The van der Waals surface area contributed by atoms with Crippen LogP contribution in [0, 0.1) is 12.7 Å². The minimum Gasteiger partial charge on any atom is -0.497 e. The van der Waals surface area contributed by atoms with Crippen LogP contribution in [-0.4, -0.2) is 7.11 Å². The van der Waals surface area contributed by atoms with Gasteiger partial charge in [-0.05, 0) is 42.7 Å². The molecule has 2 aromatic carbocycles. The van der Waals surface area contributed by atoms with Gasteiger partial charge < -0.3 is 10.5 Å². The summed E-state index contributed by atoms with van der Waals surface area (Å²) in [4.78, 5) is 0. The highest BCUT2D eigenvalue weighted by atomic mass is 19.1. The average molecular weight is 259 g/mol. The Morgan fingerprint density at radius 3 is 2.42 bits per heavy atom. The van der Waals surface area contributed by atoms with E-state index in [1.165, 1.54) is 6.07 Å². The number of aryl methyl sites for hydroxylation is 1. The number of methoxy groups -OCH3 is 1. The Labute approximate surface area is 113 Å². The van der Waals surface area contributed by atoms with E-state index < -0.39 is 0 Å². The molecule has 2 rings (SSSR count). The molecule has 0 aliphatic carbocycles. The van der Waals surface area contributed by atoms with Crippen LogP contribution in [0.4, 0.5) is 4.39 Å². The van der Waals surface area contributed by atoms with Crippen molar-refractivity contribution in [3.8, 4) is 5.75 Å². The molecular weight excluding hydrogens is 241 g/mol. The van der Waals surface area contributed by atoms with Gasteiger partial charge in [0, 0.05) is 11.6 Å². The van der Waals surface area contributed by atoms with Crippen LogP contribution in [0.3, 0.4) is 0 Å². The highest BCUT2D eigenvalue weighted by molar-refractivity contribution is 5.31. The van der Waals surface area contributed by atoms with Gasteiger partial charge in [0.1, 0.15) is 11.6 Å². The highest BCUT2D eigenvalue weighted by Crippen LogP contribution is 2.21. The largest absolute Gasteiger partial charge is 0.497 e. The zero-order valence-corrected chi connectivity index (χ0v) is 11.2. The molecule has 19 heavy (non-hydrogen) atoms. The molecule has 0 bridgehead atoms. The van der Waals surface area contributed by atoms with Crippen LogP contribution in [0.2, 0.25) is 0 Å². The van der Waals surface area contributed by atoms with Crippen molar-refractivity contribution in [2.45, 2.75) is 19.4 Å². The van der Waals surface area contributed by atoms with Gasteiger partial charge in [0.15, 0.2) is 0 Å². The Balaban J connectivity index is 2.13. The number of rotatable bonds is 4. The lowest BCUT2D eigenvalue weighted by molar-refractivity contribution is 0.414. The normalized spacial score (nSPS) is 12.2. The van der Waals surface area contributed by atoms with E-state index in [4.69, 9.17) is 10.5 Å². The molecule has 1 unspecified atom stereocenters. The summed E-state index contributed by atoms with van der Waals surface area (Å²) in [6.07, 6.45) is 0.601. The first kappa shape index (κ1) is 13.6. The van der Waals surface area contributed by atoms with Gasteiger partial charge in [0.2, 0.25) is 0 Å². The van der Waals surface area contributed by atoms with Crippen LogP contribution in [0.1, 0.15) is 22.7 Å². The quantitative estimate of drug-likeness (QED) is 0.913. The van der Waals surface area contributed by atoms with Crippen LogP contribution in [-0.2, 0) is 6.42 Å². The summed E-state index contributed by atoms with van der Waals surface area (Å²) in [5.41, 5.74) is 8.60. The molecule has 100 valence electrons. The predicted molar refractivity (Wildman–Crippen MR) is 74.8 cm³/mol. The third-order valence-electron chi connectivity index (χ3n) is 3.17. The molecule has 2 aromatic rings. The molecule has 2 N–H and O–H groups in total. The zero-order chi connectivity index (χ0) is 13.8. The van der Waals surface area contributed by atoms with Crippen LogP contribution >= 0.6 is 0 Å². The van der Waals surface area contributed by atoms with Gasteiger partial charge in [-0.3, -0.25) is 0 Å². The molecule has 3 heteroatoms. The first-order chi connectivity index (χ1) is 9.10. The highest BCUT2D eigenvalue weighted by Gasteiger charge is 2.12. The number of ether oxygens (including phenoxy) is 1. The molecule has 2 nitrogen and oxygen atoms in total. The van der Waals surface area contributed by atoms with Crippen molar-refractivity contribution in [3.63, 3.8) is 0 Å². The third-order valence-corrected chi connectivity index (χ3v) is 3.17. The molecule has 0 radical (unpaired) electrons. The molecule has 0 heterocycles. The molecule has 0 amide bonds. The van der Waals surface area contributed by atoms with Crippen molar-refractivity contribution >= 4 is 0 Å². The standard InChI is InChI=1S/C16H18FNO/c1-11-3-8-14(15(17)9-11)16(18)10-12-4-6-13(19-2)7-5-12/h3-9,16H,10,18H2,1-2H3. The topological polar surface area (TPSA) is 35.2 Å². The van der Waals surface area contributed by atoms with Crippen molar-refractivity contribution < 1.29 is 9.13 Å². The fourth-order valence-corrected chi connectivity index (χ4v) is 2.06. The Kier molecular flexibility index (Phi) is 4.17. The van der Waals surface area contributed by atoms with E-state index in [-0.39, 0.29) is 11.9 Å². The second-order valence-corrected chi connectivity index (χ2v) is 4.68. The van der Waals surface area contributed by atoms with Gasteiger partial charge in [-0.2, -0.15) is 0 Å². The molecule has 0 spiro atoms. The molecule has 0 aromatic heterocycles. The van der Waals surface area contributed by atoms with E-state index in [2.05, 4.69) is 0 Å². The van der Waals surface area contributed by atoms with E-state index in [0.717, 1.165) is 16.9 Å². The molecule has 0 aliphatic heterocycles. The minimum absolute atomic E-state index is 0.235. The van der Waals surface area contributed by atoms with Gasteiger partial charge in [0.05, 0.1) is 7.11 Å². The maximum absolute atomic E-state index is 13.8. The van der Waals surface area contributed by atoms with Crippen LogP contribution in [0.15, 0.2) is 42.5 Å². The number of halogens is 1. The monoisotopic (exact) mass is 259 g/mol. The molecule has 0 saturated heterocycles. The Morgan fingerprint density at radius 1 is 1.16 bits per heavy atom. The lowest BCUT2D eigenvalue weighted by Gasteiger charge is -2.14. The second-order valence-electron chi connectivity index (χ2n) is 4.68. The van der Waals surface area contributed by atoms with Crippen LogP contribution < -0.4 is 10.5 Å².